The smallest absolute Gasteiger partial charge is 0.180 e. The molecular formula is C37H46N4O5S. The van der Waals surface area contributed by atoms with Gasteiger partial charge in [0.2, 0.25) is 0 Å². The fourth-order valence-corrected chi connectivity index (χ4v) is 7.01. The molecule has 0 spiro atoms. The van der Waals surface area contributed by atoms with Crippen LogP contribution in [0.4, 0.5) is 0 Å². The highest BCUT2D eigenvalue weighted by atomic mass is 32.1. The van der Waals surface area contributed by atoms with Crippen LogP contribution in [-0.2, 0) is 16.8 Å². The van der Waals surface area contributed by atoms with Crippen molar-refractivity contribution in [3.05, 3.63) is 99.9 Å². The van der Waals surface area contributed by atoms with E-state index in [9.17, 15) is 10.3 Å². The van der Waals surface area contributed by atoms with Crippen molar-refractivity contribution in [3.63, 3.8) is 0 Å². The number of hydrogen-bond donors (Lipinski definition) is 3. The Morgan fingerprint density at radius 2 is 1.49 bits per heavy atom. The van der Waals surface area contributed by atoms with E-state index in [1.54, 1.807) is 59.9 Å². The molecule has 4 aromatic rings. The maximum Gasteiger partial charge on any atom is 0.180 e. The summed E-state index contributed by atoms with van der Waals surface area (Å²) in [7, 11) is 0. The summed E-state index contributed by atoms with van der Waals surface area (Å²) in [4.78, 5) is 8.69. The molecule has 4 N–H and O–H groups in total. The number of unbranched alkanes of at least 4 members (excludes halogenated alkanes) is 2. The number of aliphatic hydroxyl groups is 1. The Bertz CT molecular complexity index is 1570. The van der Waals surface area contributed by atoms with Gasteiger partial charge in [-0.05, 0) is 94.0 Å². The van der Waals surface area contributed by atoms with E-state index >= 15 is 0 Å². The van der Waals surface area contributed by atoms with E-state index in [2.05, 4.69) is 43.0 Å². The molecule has 0 amide bonds. The highest BCUT2D eigenvalue weighted by molar-refractivity contribution is 7.12. The van der Waals surface area contributed by atoms with E-state index in [4.69, 9.17) is 24.9 Å². The lowest BCUT2D eigenvalue weighted by Gasteiger charge is -2.35. The number of oxime groups is 1. The second-order valence-corrected chi connectivity index (χ2v) is 13.4. The van der Waals surface area contributed by atoms with E-state index in [1.807, 2.05) is 18.2 Å². The SMILES string of the molecule is Cc1nc(-c2ccc(OCCCCCOc3ccc(C(O)(/C(N)=N/O)c4ccccc4)cc3)cc2)c(CCN2CC(C)OC(C)C2)s1. The number of rotatable bonds is 15. The van der Waals surface area contributed by atoms with Crippen LogP contribution in [0.5, 0.6) is 11.5 Å². The Labute approximate surface area is 281 Å². The molecular weight excluding hydrogens is 612 g/mol. The Hall–Kier alpha value is -3.96. The molecule has 0 radical (unpaired) electrons. The first-order valence-electron chi connectivity index (χ1n) is 16.3. The molecule has 2 heterocycles. The Morgan fingerprint density at radius 3 is 2.09 bits per heavy atom. The van der Waals surface area contributed by atoms with Gasteiger partial charge in [-0.15, -0.1) is 11.3 Å². The molecule has 0 saturated carbocycles. The molecule has 1 saturated heterocycles. The van der Waals surface area contributed by atoms with Crippen LogP contribution >= 0.6 is 11.3 Å². The van der Waals surface area contributed by atoms with Gasteiger partial charge in [0.15, 0.2) is 11.4 Å². The normalized spacial score (nSPS) is 18.5. The lowest BCUT2D eigenvalue weighted by molar-refractivity contribution is -0.0674. The molecule has 3 unspecified atom stereocenters. The van der Waals surface area contributed by atoms with Crippen LogP contribution in [0, 0.1) is 6.92 Å². The molecule has 1 aliphatic heterocycles. The third-order valence-electron chi connectivity index (χ3n) is 8.35. The molecule has 3 aromatic carbocycles. The molecule has 9 nitrogen and oxygen atoms in total. The van der Waals surface area contributed by atoms with Crippen molar-refractivity contribution >= 4 is 17.2 Å². The number of thiazole rings is 1. The Kier molecular flexibility index (Phi) is 11.9. The minimum absolute atomic E-state index is 0.275. The van der Waals surface area contributed by atoms with Crippen molar-refractivity contribution in [1.29, 1.82) is 0 Å². The number of nitrogens with two attached hydrogens (primary N) is 1. The van der Waals surface area contributed by atoms with Gasteiger partial charge in [-0.25, -0.2) is 4.98 Å². The molecule has 1 aliphatic rings. The Morgan fingerprint density at radius 1 is 0.915 bits per heavy atom. The van der Waals surface area contributed by atoms with E-state index in [1.165, 1.54) is 4.88 Å². The predicted octanol–water partition coefficient (Wildman–Crippen LogP) is 6.38. The molecule has 1 fully saturated rings. The van der Waals surface area contributed by atoms with Crippen LogP contribution in [0.3, 0.4) is 0 Å². The van der Waals surface area contributed by atoms with Gasteiger partial charge in [0, 0.05) is 30.1 Å². The Balaban J connectivity index is 1.03. The van der Waals surface area contributed by atoms with Crippen LogP contribution in [0.25, 0.3) is 11.3 Å². The summed E-state index contributed by atoms with van der Waals surface area (Å²) in [5.74, 6) is 1.24. The maximum absolute atomic E-state index is 11.4. The summed E-state index contributed by atoms with van der Waals surface area (Å²) in [6.07, 6.45) is 4.31. The quantitative estimate of drug-likeness (QED) is 0.0442. The fraction of sp³-hybridized carbons (Fsp3) is 0.405. The minimum atomic E-state index is -1.75. The van der Waals surface area contributed by atoms with Crippen LogP contribution in [0.2, 0.25) is 0 Å². The van der Waals surface area contributed by atoms with Gasteiger partial charge >= 0.3 is 0 Å². The number of aromatic nitrogens is 1. The number of amidine groups is 1. The molecule has 0 aliphatic carbocycles. The lowest BCUT2D eigenvalue weighted by Crippen LogP contribution is -2.46. The van der Waals surface area contributed by atoms with Gasteiger partial charge in [-0.1, -0.05) is 47.6 Å². The van der Waals surface area contributed by atoms with Crippen LogP contribution in [-0.4, -0.2) is 71.1 Å². The van der Waals surface area contributed by atoms with Crippen LogP contribution < -0.4 is 15.2 Å². The summed E-state index contributed by atoms with van der Waals surface area (Å²) in [6, 6.07) is 24.2. The van der Waals surface area contributed by atoms with Gasteiger partial charge in [-0.3, -0.25) is 4.90 Å². The maximum atomic E-state index is 11.4. The second-order valence-electron chi connectivity index (χ2n) is 12.1. The van der Waals surface area contributed by atoms with Crippen molar-refractivity contribution in [2.24, 2.45) is 10.9 Å². The third-order valence-corrected chi connectivity index (χ3v) is 9.38. The summed E-state index contributed by atoms with van der Waals surface area (Å²) in [5, 5.41) is 24.8. The van der Waals surface area contributed by atoms with Gasteiger partial charge < -0.3 is 30.3 Å². The first kappa shape index (κ1) is 34.4. The molecule has 0 bridgehead atoms. The average Bonchev–Trinajstić information content (AvgIpc) is 3.46. The van der Waals surface area contributed by atoms with E-state index < -0.39 is 5.60 Å². The highest BCUT2D eigenvalue weighted by Crippen LogP contribution is 2.32. The number of ether oxygens (including phenoxy) is 3. The second kappa shape index (κ2) is 16.2. The van der Waals surface area contributed by atoms with Crippen molar-refractivity contribution in [2.45, 2.75) is 64.3 Å². The standard InChI is InChI=1S/C37H46N4O5S/c1-26-24-41(25-27(2)46-26)21-20-34-35(39-28(3)47-34)29-12-16-32(17-13-29)44-22-8-5-9-23-45-33-18-14-31(15-19-33)37(42,36(38)40-43)30-10-6-4-7-11-30/h4,6-7,10-19,26-27,42-43H,5,8-9,20-25H2,1-3H3,(H2,38,40). The zero-order valence-electron chi connectivity index (χ0n) is 27.5. The largest absolute Gasteiger partial charge is 0.494 e. The summed E-state index contributed by atoms with van der Waals surface area (Å²) < 4.78 is 17.8. The van der Waals surface area contributed by atoms with Gasteiger partial charge in [0.25, 0.3) is 0 Å². The van der Waals surface area contributed by atoms with E-state index in [0.717, 1.165) is 67.3 Å². The van der Waals surface area contributed by atoms with Crippen molar-refractivity contribution in [1.82, 2.24) is 9.88 Å². The van der Waals surface area contributed by atoms with E-state index in [0.29, 0.717) is 30.1 Å². The summed E-state index contributed by atoms with van der Waals surface area (Å²) >= 11 is 1.79. The fourth-order valence-electron chi connectivity index (χ4n) is 6.07. The monoisotopic (exact) mass is 658 g/mol. The average molecular weight is 659 g/mol. The lowest BCUT2D eigenvalue weighted by atomic mass is 9.85. The zero-order chi connectivity index (χ0) is 33.2. The molecule has 47 heavy (non-hydrogen) atoms. The van der Waals surface area contributed by atoms with Crippen molar-refractivity contribution in [2.75, 3.05) is 32.8 Å². The minimum Gasteiger partial charge on any atom is -0.494 e. The third kappa shape index (κ3) is 8.90. The van der Waals surface area contributed by atoms with Gasteiger partial charge in [0.1, 0.15) is 11.5 Å². The molecule has 1 aromatic heterocycles. The first-order chi connectivity index (χ1) is 22.8. The molecule has 250 valence electrons. The van der Waals surface area contributed by atoms with Crippen LogP contribution in [0.15, 0.2) is 84.0 Å². The number of morpholine rings is 1. The summed E-state index contributed by atoms with van der Waals surface area (Å²) in [6.45, 7) is 10.5. The van der Waals surface area contributed by atoms with E-state index in [-0.39, 0.29) is 18.0 Å². The van der Waals surface area contributed by atoms with Crippen molar-refractivity contribution in [3.8, 4) is 22.8 Å². The number of nitrogens with zero attached hydrogens (tertiary/aromatic N) is 3. The topological polar surface area (TPSA) is 123 Å². The number of benzene rings is 3. The molecule has 5 rings (SSSR count). The van der Waals surface area contributed by atoms with Crippen LogP contribution in [0.1, 0.15) is 54.1 Å². The summed E-state index contributed by atoms with van der Waals surface area (Å²) in [5.41, 5.74) is 7.35. The van der Waals surface area contributed by atoms with Gasteiger partial charge in [0.05, 0.1) is 36.1 Å². The molecule has 10 heteroatoms. The first-order valence-corrected chi connectivity index (χ1v) is 17.1. The zero-order valence-corrected chi connectivity index (χ0v) is 28.3. The number of aryl methyl sites for hydroxylation is 1. The molecule has 3 atom stereocenters. The highest BCUT2D eigenvalue weighted by Gasteiger charge is 2.36. The predicted molar refractivity (Wildman–Crippen MR) is 187 cm³/mol. The van der Waals surface area contributed by atoms with Crippen molar-refractivity contribution < 1.29 is 24.5 Å². The number of hydrogen-bond acceptors (Lipinski definition) is 9. The van der Waals surface area contributed by atoms with Gasteiger partial charge in [-0.2, -0.15) is 0 Å².